The third kappa shape index (κ3) is 3.12. The van der Waals surface area contributed by atoms with E-state index in [1.54, 1.807) is 0 Å². The summed E-state index contributed by atoms with van der Waals surface area (Å²) in [5, 5.41) is 3.53. The van der Waals surface area contributed by atoms with Crippen molar-refractivity contribution in [1.82, 2.24) is 5.32 Å². The van der Waals surface area contributed by atoms with Crippen LogP contribution in [0.5, 0.6) is 5.75 Å². The van der Waals surface area contributed by atoms with Crippen LogP contribution in [0.25, 0.3) is 0 Å². The first kappa shape index (κ1) is 13.4. The first-order valence-corrected chi connectivity index (χ1v) is 7.79. The molecule has 1 saturated heterocycles. The normalized spacial score (nSPS) is 29.3. The molecule has 2 heterocycles. The number of hydrogen-bond donors (Lipinski definition) is 1. The quantitative estimate of drug-likeness (QED) is 0.923. The van der Waals surface area contributed by atoms with Gasteiger partial charge in [-0.05, 0) is 43.0 Å². The van der Waals surface area contributed by atoms with Crippen molar-refractivity contribution >= 4 is 15.9 Å². The molecule has 0 aliphatic carbocycles. The van der Waals surface area contributed by atoms with E-state index in [9.17, 15) is 0 Å². The summed E-state index contributed by atoms with van der Waals surface area (Å²) in [5.41, 5.74) is 1.30. The van der Waals surface area contributed by atoms with Gasteiger partial charge in [0.2, 0.25) is 0 Å². The molecule has 104 valence electrons. The minimum absolute atomic E-state index is 0.266. The lowest BCUT2D eigenvalue weighted by atomic mass is 10.0. The van der Waals surface area contributed by atoms with Gasteiger partial charge in [0.05, 0.1) is 6.10 Å². The minimum atomic E-state index is 0.266. The first-order chi connectivity index (χ1) is 9.22. The third-order valence-corrected chi connectivity index (χ3v) is 4.57. The molecule has 0 saturated carbocycles. The molecule has 3 unspecified atom stereocenters. The van der Waals surface area contributed by atoms with E-state index in [1.165, 1.54) is 12.0 Å². The Labute approximate surface area is 122 Å². The molecule has 1 N–H and O–H groups in total. The fourth-order valence-electron chi connectivity index (χ4n) is 2.88. The Balaban J connectivity index is 1.46. The van der Waals surface area contributed by atoms with Gasteiger partial charge in [0, 0.05) is 30.6 Å². The largest absolute Gasteiger partial charge is 0.488 e. The molecule has 0 aromatic heterocycles. The van der Waals surface area contributed by atoms with Gasteiger partial charge in [0.15, 0.2) is 0 Å². The van der Waals surface area contributed by atoms with Crippen LogP contribution in [0.1, 0.15) is 18.9 Å². The zero-order valence-electron chi connectivity index (χ0n) is 11.2. The van der Waals surface area contributed by atoms with Crippen molar-refractivity contribution in [1.29, 1.82) is 0 Å². The van der Waals surface area contributed by atoms with Crippen molar-refractivity contribution in [2.24, 2.45) is 5.92 Å². The number of fused-ring (bicyclic) bond motifs is 1. The molecule has 19 heavy (non-hydrogen) atoms. The Morgan fingerprint density at radius 2 is 2.26 bits per heavy atom. The van der Waals surface area contributed by atoms with Crippen LogP contribution in [0, 0.1) is 5.92 Å². The molecule has 4 heteroatoms. The zero-order chi connectivity index (χ0) is 13.2. The molecule has 3 atom stereocenters. The maximum Gasteiger partial charge on any atom is 0.123 e. The Hall–Kier alpha value is -0.580. The average Bonchev–Trinajstić information content (AvgIpc) is 2.95. The minimum Gasteiger partial charge on any atom is -0.488 e. The maximum absolute atomic E-state index is 5.94. The second-order valence-corrected chi connectivity index (χ2v) is 6.39. The van der Waals surface area contributed by atoms with Gasteiger partial charge in [-0.25, -0.2) is 0 Å². The fourth-order valence-corrected chi connectivity index (χ4v) is 3.29. The van der Waals surface area contributed by atoms with Crippen molar-refractivity contribution in [2.75, 3.05) is 19.7 Å². The molecular weight excluding hydrogens is 306 g/mol. The van der Waals surface area contributed by atoms with Gasteiger partial charge in [-0.2, -0.15) is 0 Å². The molecule has 2 aliphatic heterocycles. The Bertz CT molecular complexity index is 452. The van der Waals surface area contributed by atoms with E-state index in [-0.39, 0.29) is 6.10 Å². The number of ether oxygens (including phenoxy) is 2. The van der Waals surface area contributed by atoms with Crippen LogP contribution in [0.2, 0.25) is 0 Å². The lowest BCUT2D eigenvalue weighted by Gasteiger charge is -2.17. The van der Waals surface area contributed by atoms with Gasteiger partial charge < -0.3 is 14.8 Å². The smallest absolute Gasteiger partial charge is 0.123 e. The summed E-state index contributed by atoms with van der Waals surface area (Å²) in [6.45, 7) is 5.02. The molecule has 0 spiro atoms. The predicted octanol–water partition coefficient (Wildman–Crippen LogP) is 2.77. The van der Waals surface area contributed by atoms with Crippen LogP contribution in [0.4, 0.5) is 0 Å². The van der Waals surface area contributed by atoms with E-state index >= 15 is 0 Å². The molecule has 1 aromatic carbocycles. The highest BCUT2D eigenvalue weighted by Crippen LogP contribution is 2.31. The van der Waals surface area contributed by atoms with Crippen LogP contribution in [0.15, 0.2) is 22.7 Å². The predicted molar refractivity (Wildman–Crippen MR) is 78.7 cm³/mol. The van der Waals surface area contributed by atoms with Crippen LogP contribution in [-0.4, -0.2) is 31.9 Å². The summed E-state index contributed by atoms with van der Waals surface area (Å²) < 4.78 is 12.6. The fraction of sp³-hybridized carbons (Fsp3) is 0.600. The molecule has 0 radical (unpaired) electrons. The summed E-state index contributed by atoms with van der Waals surface area (Å²) >= 11 is 3.50. The van der Waals surface area contributed by atoms with Gasteiger partial charge in [0.25, 0.3) is 0 Å². The highest BCUT2D eigenvalue weighted by atomic mass is 79.9. The molecule has 1 fully saturated rings. The van der Waals surface area contributed by atoms with E-state index < -0.39 is 0 Å². The Morgan fingerprint density at radius 1 is 1.37 bits per heavy atom. The van der Waals surface area contributed by atoms with Crippen molar-refractivity contribution in [3.05, 3.63) is 28.2 Å². The van der Waals surface area contributed by atoms with Gasteiger partial charge in [-0.3, -0.25) is 0 Å². The monoisotopic (exact) mass is 325 g/mol. The van der Waals surface area contributed by atoms with Gasteiger partial charge in [-0.1, -0.05) is 15.9 Å². The van der Waals surface area contributed by atoms with E-state index in [0.717, 1.165) is 36.3 Å². The molecule has 3 nitrogen and oxygen atoms in total. The molecule has 2 aliphatic rings. The summed E-state index contributed by atoms with van der Waals surface area (Å²) in [7, 11) is 0. The van der Waals surface area contributed by atoms with Crippen molar-refractivity contribution in [3.63, 3.8) is 0 Å². The zero-order valence-corrected chi connectivity index (χ0v) is 12.8. The Kier molecular flexibility index (Phi) is 4.10. The summed E-state index contributed by atoms with van der Waals surface area (Å²) in [6, 6.07) is 6.24. The Morgan fingerprint density at radius 3 is 3.05 bits per heavy atom. The van der Waals surface area contributed by atoms with Crippen LogP contribution in [0.3, 0.4) is 0 Å². The second kappa shape index (κ2) is 5.81. The molecule has 0 bridgehead atoms. The van der Waals surface area contributed by atoms with Crippen LogP contribution in [-0.2, 0) is 11.2 Å². The summed E-state index contributed by atoms with van der Waals surface area (Å²) in [6.07, 6.45) is 2.83. The van der Waals surface area contributed by atoms with E-state index in [2.05, 4.69) is 34.2 Å². The third-order valence-electron chi connectivity index (χ3n) is 4.08. The van der Waals surface area contributed by atoms with Crippen molar-refractivity contribution < 1.29 is 9.47 Å². The number of halogens is 1. The number of rotatable bonds is 4. The molecule has 3 rings (SSSR count). The molecule has 0 amide bonds. The SMILES string of the molecule is CC1OCCC1CNCC1Cc2cc(Br)ccc2O1. The van der Waals surface area contributed by atoms with E-state index in [4.69, 9.17) is 9.47 Å². The number of nitrogens with one attached hydrogen (secondary N) is 1. The van der Waals surface area contributed by atoms with Crippen LogP contribution >= 0.6 is 15.9 Å². The van der Waals surface area contributed by atoms with Crippen molar-refractivity contribution in [3.8, 4) is 5.75 Å². The van der Waals surface area contributed by atoms with Gasteiger partial charge >= 0.3 is 0 Å². The second-order valence-electron chi connectivity index (χ2n) is 5.48. The first-order valence-electron chi connectivity index (χ1n) is 7.00. The maximum atomic E-state index is 5.94. The molecule has 1 aromatic rings. The lowest BCUT2D eigenvalue weighted by molar-refractivity contribution is 0.104. The highest BCUT2D eigenvalue weighted by molar-refractivity contribution is 9.10. The number of benzene rings is 1. The average molecular weight is 326 g/mol. The van der Waals surface area contributed by atoms with E-state index in [1.807, 2.05) is 12.1 Å². The van der Waals surface area contributed by atoms with Crippen molar-refractivity contribution in [2.45, 2.75) is 32.0 Å². The van der Waals surface area contributed by atoms with Crippen LogP contribution < -0.4 is 10.1 Å². The summed E-state index contributed by atoms with van der Waals surface area (Å²) in [4.78, 5) is 0. The summed E-state index contributed by atoms with van der Waals surface area (Å²) in [5.74, 6) is 1.69. The number of hydrogen-bond acceptors (Lipinski definition) is 3. The standard InChI is InChI=1S/C15H20BrNO2/c1-10-11(4-5-18-10)8-17-9-14-7-12-6-13(16)2-3-15(12)19-14/h2-3,6,10-11,14,17H,4-5,7-9H2,1H3. The van der Waals surface area contributed by atoms with E-state index in [0.29, 0.717) is 12.0 Å². The highest BCUT2D eigenvalue weighted by Gasteiger charge is 2.26. The van der Waals surface area contributed by atoms with Gasteiger partial charge in [-0.15, -0.1) is 0 Å². The van der Waals surface area contributed by atoms with Gasteiger partial charge in [0.1, 0.15) is 11.9 Å². The lowest BCUT2D eigenvalue weighted by Crippen LogP contribution is -2.35. The molecular formula is C15H20BrNO2. The topological polar surface area (TPSA) is 30.5 Å².